The molecule has 38 heavy (non-hydrogen) atoms. The standard InChI is InChI=1S/C30H35N5O3/c1-20(2)18-25-31-28(34-14-9-15-35(17-16-34)30(36)21(3)4)26-27(33-38-29(26)32-25)22-10-8-13-24(19-22)37-23-11-6-5-7-12-23/h5-8,10-13,19-21H,9,14-18H2,1-4H3. The van der Waals surface area contributed by atoms with Gasteiger partial charge in [0.15, 0.2) is 0 Å². The van der Waals surface area contributed by atoms with E-state index in [0.717, 1.165) is 54.3 Å². The van der Waals surface area contributed by atoms with Crippen LogP contribution < -0.4 is 9.64 Å². The van der Waals surface area contributed by atoms with Crippen molar-refractivity contribution in [3.8, 4) is 22.8 Å². The number of anilines is 1. The Hall–Kier alpha value is -3.94. The van der Waals surface area contributed by atoms with Gasteiger partial charge in [-0.2, -0.15) is 4.98 Å². The van der Waals surface area contributed by atoms with Crippen molar-refractivity contribution < 1.29 is 14.1 Å². The molecule has 1 amide bonds. The molecule has 1 aliphatic rings. The van der Waals surface area contributed by atoms with Crippen LogP contribution in [0.3, 0.4) is 0 Å². The number of aromatic nitrogens is 3. The molecule has 8 nitrogen and oxygen atoms in total. The van der Waals surface area contributed by atoms with Gasteiger partial charge in [-0.25, -0.2) is 4.98 Å². The van der Waals surface area contributed by atoms with Crippen LogP contribution in [0.1, 0.15) is 39.9 Å². The monoisotopic (exact) mass is 513 g/mol. The highest BCUT2D eigenvalue weighted by Gasteiger charge is 2.26. The van der Waals surface area contributed by atoms with Crippen LogP contribution in [0.5, 0.6) is 11.5 Å². The zero-order valence-corrected chi connectivity index (χ0v) is 22.6. The Kier molecular flexibility index (Phi) is 7.58. The highest BCUT2D eigenvalue weighted by molar-refractivity contribution is 5.98. The molecule has 4 aromatic rings. The van der Waals surface area contributed by atoms with Gasteiger partial charge in [0.1, 0.15) is 34.2 Å². The van der Waals surface area contributed by atoms with Gasteiger partial charge in [0, 0.05) is 44.1 Å². The molecule has 0 saturated carbocycles. The van der Waals surface area contributed by atoms with Gasteiger partial charge >= 0.3 is 0 Å². The second kappa shape index (κ2) is 11.2. The summed E-state index contributed by atoms with van der Waals surface area (Å²) in [6.07, 6.45) is 1.61. The molecule has 0 spiro atoms. The fraction of sp³-hybridized carbons (Fsp3) is 0.400. The lowest BCUT2D eigenvalue weighted by Crippen LogP contribution is -2.37. The molecule has 5 rings (SSSR count). The van der Waals surface area contributed by atoms with Gasteiger partial charge in [0.25, 0.3) is 5.71 Å². The highest BCUT2D eigenvalue weighted by Crippen LogP contribution is 2.36. The fourth-order valence-electron chi connectivity index (χ4n) is 4.81. The third kappa shape index (κ3) is 5.64. The Balaban J connectivity index is 1.53. The molecule has 0 radical (unpaired) electrons. The van der Waals surface area contributed by atoms with Crippen LogP contribution in [0.25, 0.3) is 22.4 Å². The zero-order chi connectivity index (χ0) is 26.6. The number of para-hydroxylation sites is 1. The molecule has 3 heterocycles. The predicted molar refractivity (Wildman–Crippen MR) is 148 cm³/mol. The van der Waals surface area contributed by atoms with Gasteiger partial charge in [-0.15, -0.1) is 0 Å². The first-order chi connectivity index (χ1) is 18.4. The normalized spacial score (nSPS) is 14.4. The van der Waals surface area contributed by atoms with Crippen molar-refractivity contribution in [1.82, 2.24) is 20.0 Å². The Bertz CT molecular complexity index is 1400. The van der Waals surface area contributed by atoms with Crippen LogP contribution in [0.2, 0.25) is 0 Å². The summed E-state index contributed by atoms with van der Waals surface area (Å²) in [6.45, 7) is 11.1. The number of nitrogens with zero attached hydrogens (tertiary/aromatic N) is 5. The van der Waals surface area contributed by atoms with Crippen LogP contribution in [0, 0.1) is 11.8 Å². The smallest absolute Gasteiger partial charge is 0.263 e. The number of amides is 1. The average Bonchev–Trinajstić information content (AvgIpc) is 3.17. The number of fused-ring (bicyclic) bond motifs is 1. The molecular weight excluding hydrogens is 478 g/mol. The quantitative estimate of drug-likeness (QED) is 0.301. The number of rotatable bonds is 7. The second-order valence-corrected chi connectivity index (χ2v) is 10.5. The van der Waals surface area contributed by atoms with E-state index in [0.29, 0.717) is 36.2 Å². The molecule has 0 N–H and O–H groups in total. The number of ether oxygens (including phenoxy) is 1. The molecule has 2 aromatic carbocycles. The van der Waals surface area contributed by atoms with Crippen molar-refractivity contribution in [2.75, 3.05) is 31.1 Å². The van der Waals surface area contributed by atoms with E-state index in [9.17, 15) is 4.79 Å². The van der Waals surface area contributed by atoms with Crippen molar-refractivity contribution in [2.24, 2.45) is 11.8 Å². The Morgan fingerprint density at radius 1 is 0.947 bits per heavy atom. The van der Waals surface area contributed by atoms with Crippen LogP contribution in [-0.4, -0.2) is 52.1 Å². The first-order valence-electron chi connectivity index (χ1n) is 13.4. The van der Waals surface area contributed by atoms with E-state index >= 15 is 0 Å². The number of hydrogen-bond donors (Lipinski definition) is 0. The minimum absolute atomic E-state index is 0.0139. The van der Waals surface area contributed by atoms with Crippen LogP contribution in [0.4, 0.5) is 5.82 Å². The maximum atomic E-state index is 12.7. The van der Waals surface area contributed by atoms with Gasteiger partial charge in [-0.3, -0.25) is 4.79 Å². The minimum Gasteiger partial charge on any atom is -0.457 e. The molecule has 1 saturated heterocycles. The van der Waals surface area contributed by atoms with E-state index in [4.69, 9.17) is 19.2 Å². The topological polar surface area (TPSA) is 84.6 Å². The van der Waals surface area contributed by atoms with Crippen molar-refractivity contribution >= 4 is 22.8 Å². The summed E-state index contributed by atoms with van der Waals surface area (Å²) in [6, 6.07) is 17.5. The zero-order valence-electron chi connectivity index (χ0n) is 22.6. The third-order valence-electron chi connectivity index (χ3n) is 6.64. The minimum atomic E-state index is -0.0139. The third-order valence-corrected chi connectivity index (χ3v) is 6.64. The molecule has 198 valence electrons. The summed E-state index contributed by atoms with van der Waals surface area (Å²) in [5, 5.41) is 5.24. The lowest BCUT2D eigenvalue weighted by atomic mass is 10.1. The first kappa shape index (κ1) is 25.7. The van der Waals surface area contributed by atoms with Gasteiger partial charge in [0.05, 0.1) is 0 Å². The van der Waals surface area contributed by atoms with Gasteiger partial charge < -0.3 is 19.1 Å². The van der Waals surface area contributed by atoms with E-state index < -0.39 is 0 Å². The predicted octanol–water partition coefficient (Wildman–Crippen LogP) is 5.97. The molecule has 2 aromatic heterocycles. The van der Waals surface area contributed by atoms with E-state index in [1.807, 2.05) is 73.3 Å². The Morgan fingerprint density at radius 2 is 1.74 bits per heavy atom. The van der Waals surface area contributed by atoms with E-state index in [-0.39, 0.29) is 11.8 Å². The van der Waals surface area contributed by atoms with Crippen molar-refractivity contribution in [3.63, 3.8) is 0 Å². The van der Waals surface area contributed by atoms with Crippen molar-refractivity contribution in [1.29, 1.82) is 0 Å². The molecule has 1 aliphatic heterocycles. The average molecular weight is 514 g/mol. The summed E-state index contributed by atoms with van der Waals surface area (Å²) < 4.78 is 11.9. The van der Waals surface area contributed by atoms with Crippen molar-refractivity contribution in [2.45, 2.75) is 40.5 Å². The van der Waals surface area contributed by atoms with E-state index in [2.05, 4.69) is 23.9 Å². The summed E-state index contributed by atoms with van der Waals surface area (Å²) in [4.78, 5) is 26.7. The number of hydrogen-bond acceptors (Lipinski definition) is 7. The molecule has 0 unspecified atom stereocenters. The Morgan fingerprint density at radius 3 is 2.50 bits per heavy atom. The lowest BCUT2D eigenvalue weighted by Gasteiger charge is -2.24. The van der Waals surface area contributed by atoms with E-state index in [1.54, 1.807) is 0 Å². The molecular formula is C30H35N5O3. The highest BCUT2D eigenvalue weighted by atomic mass is 16.5. The fourth-order valence-corrected chi connectivity index (χ4v) is 4.81. The van der Waals surface area contributed by atoms with Crippen LogP contribution in [-0.2, 0) is 11.2 Å². The first-order valence-corrected chi connectivity index (χ1v) is 13.4. The number of carbonyl (C=O) groups excluding carboxylic acids is 1. The number of benzene rings is 2. The van der Waals surface area contributed by atoms with Gasteiger partial charge in [-0.1, -0.05) is 63.2 Å². The molecule has 0 atom stereocenters. The summed E-state index contributed by atoms with van der Waals surface area (Å²) in [7, 11) is 0. The lowest BCUT2D eigenvalue weighted by molar-refractivity contribution is -0.134. The van der Waals surface area contributed by atoms with Gasteiger partial charge in [-0.05, 0) is 36.6 Å². The largest absolute Gasteiger partial charge is 0.457 e. The molecule has 0 aliphatic carbocycles. The summed E-state index contributed by atoms with van der Waals surface area (Å²) in [5.41, 5.74) is 2.03. The van der Waals surface area contributed by atoms with Crippen LogP contribution >= 0.6 is 0 Å². The number of carbonyl (C=O) groups is 1. The van der Waals surface area contributed by atoms with Crippen LogP contribution in [0.15, 0.2) is 59.1 Å². The van der Waals surface area contributed by atoms with Gasteiger partial charge in [0.2, 0.25) is 5.91 Å². The van der Waals surface area contributed by atoms with E-state index in [1.165, 1.54) is 0 Å². The maximum Gasteiger partial charge on any atom is 0.263 e. The maximum absolute atomic E-state index is 12.7. The molecule has 8 heteroatoms. The molecule has 1 fully saturated rings. The Labute approximate surface area is 223 Å². The van der Waals surface area contributed by atoms with Crippen molar-refractivity contribution in [3.05, 3.63) is 60.4 Å². The molecule has 0 bridgehead atoms. The SMILES string of the molecule is CC(C)Cc1nc(N2CCCN(C(=O)C(C)C)CC2)c2c(-c3cccc(Oc4ccccc4)c3)noc2n1. The second-order valence-electron chi connectivity index (χ2n) is 10.5. The summed E-state index contributed by atoms with van der Waals surface area (Å²) >= 11 is 0. The summed E-state index contributed by atoms with van der Waals surface area (Å²) in [5.74, 6) is 3.61.